The molecule has 1 saturated heterocycles. The van der Waals surface area contributed by atoms with Crippen LogP contribution in [0, 0.1) is 0 Å². The summed E-state index contributed by atoms with van der Waals surface area (Å²) >= 11 is 0. The summed E-state index contributed by atoms with van der Waals surface area (Å²) in [5.41, 5.74) is 0. The number of piperazine rings is 1. The normalized spacial score (nSPS) is 15.5. The van der Waals surface area contributed by atoms with E-state index in [4.69, 9.17) is 14.2 Å². The topological polar surface area (TPSA) is 68.7 Å². The van der Waals surface area contributed by atoms with Gasteiger partial charge in [0.05, 0.1) is 7.11 Å². The van der Waals surface area contributed by atoms with Crippen LogP contribution >= 0.6 is 0 Å². The van der Waals surface area contributed by atoms with Crippen molar-refractivity contribution in [2.45, 2.75) is 13.0 Å². The van der Waals surface area contributed by atoms with Gasteiger partial charge in [0.1, 0.15) is 12.7 Å². The van der Waals surface area contributed by atoms with E-state index in [1.165, 1.54) is 0 Å². The standard InChI is InChI=1S/C18H24N4O3/c1-14(13-24-16-6-4-3-5-15(16)23-2)25-18-17(20-7-8-21-18)22-11-9-19-10-12-22/h3-8,14,19H,9-13H2,1-2H3. The molecule has 1 aromatic carbocycles. The van der Waals surface area contributed by atoms with Gasteiger partial charge in [0.2, 0.25) is 0 Å². The lowest BCUT2D eigenvalue weighted by atomic mass is 10.3. The molecule has 1 fully saturated rings. The molecule has 1 aromatic heterocycles. The highest BCUT2D eigenvalue weighted by atomic mass is 16.5. The predicted octanol–water partition coefficient (Wildman–Crippen LogP) is 1.74. The monoisotopic (exact) mass is 344 g/mol. The summed E-state index contributed by atoms with van der Waals surface area (Å²) in [5, 5.41) is 3.33. The van der Waals surface area contributed by atoms with Gasteiger partial charge in [0.15, 0.2) is 17.3 Å². The van der Waals surface area contributed by atoms with Crippen LogP contribution in [0.2, 0.25) is 0 Å². The van der Waals surface area contributed by atoms with Crippen molar-refractivity contribution in [2.75, 3.05) is 44.8 Å². The van der Waals surface area contributed by atoms with Crippen molar-refractivity contribution in [3.63, 3.8) is 0 Å². The first-order valence-corrected chi connectivity index (χ1v) is 8.47. The van der Waals surface area contributed by atoms with Crippen LogP contribution in [0.25, 0.3) is 0 Å². The number of para-hydroxylation sites is 2. The lowest BCUT2D eigenvalue weighted by molar-refractivity contribution is 0.135. The van der Waals surface area contributed by atoms with E-state index in [-0.39, 0.29) is 6.10 Å². The molecule has 2 heterocycles. The fraction of sp³-hybridized carbons (Fsp3) is 0.444. The quantitative estimate of drug-likeness (QED) is 0.820. The fourth-order valence-corrected chi connectivity index (χ4v) is 2.66. The minimum atomic E-state index is -0.178. The Kier molecular flexibility index (Phi) is 5.90. The zero-order valence-corrected chi connectivity index (χ0v) is 14.6. The molecule has 1 atom stereocenters. The largest absolute Gasteiger partial charge is 0.493 e. The van der Waals surface area contributed by atoms with Crippen LogP contribution in [-0.4, -0.2) is 56.0 Å². The zero-order valence-electron chi connectivity index (χ0n) is 14.6. The smallest absolute Gasteiger partial charge is 0.258 e. The number of nitrogens with zero attached hydrogens (tertiary/aromatic N) is 3. The Bertz CT molecular complexity index is 677. The molecule has 0 amide bonds. The lowest BCUT2D eigenvalue weighted by Crippen LogP contribution is -2.44. The van der Waals surface area contributed by atoms with Gasteiger partial charge < -0.3 is 24.4 Å². The summed E-state index contributed by atoms with van der Waals surface area (Å²) in [6, 6.07) is 7.56. The SMILES string of the molecule is COc1ccccc1OCC(C)Oc1nccnc1N1CCNCC1. The number of benzene rings is 1. The summed E-state index contributed by atoms with van der Waals surface area (Å²) in [6.45, 7) is 5.98. The van der Waals surface area contributed by atoms with E-state index < -0.39 is 0 Å². The molecule has 0 bridgehead atoms. The number of hydrogen-bond acceptors (Lipinski definition) is 7. The first-order chi connectivity index (χ1) is 12.3. The first-order valence-electron chi connectivity index (χ1n) is 8.47. The Morgan fingerprint density at radius 1 is 1.12 bits per heavy atom. The molecule has 0 radical (unpaired) electrons. The summed E-state index contributed by atoms with van der Waals surface area (Å²) in [5.74, 6) is 2.73. The maximum atomic E-state index is 5.99. The molecule has 0 spiro atoms. The van der Waals surface area contributed by atoms with E-state index in [0.29, 0.717) is 24.0 Å². The van der Waals surface area contributed by atoms with Crippen LogP contribution in [0.15, 0.2) is 36.7 Å². The third-order valence-electron chi connectivity index (χ3n) is 3.92. The van der Waals surface area contributed by atoms with Crippen molar-refractivity contribution in [2.24, 2.45) is 0 Å². The third-order valence-corrected chi connectivity index (χ3v) is 3.92. The van der Waals surface area contributed by atoms with Gasteiger partial charge in [-0.3, -0.25) is 0 Å². The van der Waals surface area contributed by atoms with Gasteiger partial charge in [0.25, 0.3) is 5.88 Å². The molecular formula is C18H24N4O3. The summed E-state index contributed by atoms with van der Waals surface area (Å²) in [6.07, 6.45) is 3.16. The van der Waals surface area contributed by atoms with Crippen LogP contribution in [0.3, 0.4) is 0 Å². The molecule has 1 N–H and O–H groups in total. The van der Waals surface area contributed by atoms with Gasteiger partial charge in [-0.25, -0.2) is 9.97 Å². The van der Waals surface area contributed by atoms with Crippen molar-refractivity contribution < 1.29 is 14.2 Å². The number of methoxy groups -OCH3 is 1. The van der Waals surface area contributed by atoms with E-state index in [1.807, 2.05) is 31.2 Å². The predicted molar refractivity (Wildman–Crippen MR) is 95.7 cm³/mol. The molecule has 1 unspecified atom stereocenters. The zero-order chi connectivity index (χ0) is 17.5. The van der Waals surface area contributed by atoms with E-state index in [9.17, 15) is 0 Å². The minimum Gasteiger partial charge on any atom is -0.493 e. The summed E-state index contributed by atoms with van der Waals surface area (Å²) in [7, 11) is 1.63. The second kappa shape index (κ2) is 8.53. The second-order valence-electron chi connectivity index (χ2n) is 5.81. The fourth-order valence-electron chi connectivity index (χ4n) is 2.66. The maximum absolute atomic E-state index is 5.99. The van der Waals surface area contributed by atoms with Crippen molar-refractivity contribution in [3.05, 3.63) is 36.7 Å². The number of ether oxygens (including phenoxy) is 3. The average Bonchev–Trinajstić information content (AvgIpc) is 2.67. The number of hydrogen-bond donors (Lipinski definition) is 1. The van der Waals surface area contributed by atoms with Crippen LogP contribution in [0.1, 0.15) is 6.92 Å². The van der Waals surface area contributed by atoms with E-state index in [0.717, 1.165) is 32.0 Å². The maximum Gasteiger partial charge on any atom is 0.258 e. The Morgan fingerprint density at radius 2 is 1.84 bits per heavy atom. The highest BCUT2D eigenvalue weighted by molar-refractivity contribution is 5.48. The first kappa shape index (κ1) is 17.3. The van der Waals surface area contributed by atoms with Crippen molar-refractivity contribution in [1.82, 2.24) is 15.3 Å². The molecule has 0 aliphatic carbocycles. The number of rotatable bonds is 7. The van der Waals surface area contributed by atoms with Gasteiger partial charge in [-0.15, -0.1) is 0 Å². The van der Waals surface area contributed by atoms with Crippen molar-refractivity contribution >= 4 is 5.82 Å². The van der Waals surface area contributed by atoms with Crippen LogP contribution in [0.4, 0.5) is 5.82 Å². The number of anilines is 1. The molecule has 1 aliphatic heterocycles. The van der Waals surface area contributed by atoms with Gasteiger partial charge >= 0.3 is 0 Å². The summed E-state index contributed by atoms with van der Waals surface area (Å²) < 4.78 is 17.1. The number of nitrogens with one attached hydrogen (secondary N) is 1. The highest BCUT2D eigenvalue weighted by Crippen LogP contribution is 2.27. The van der Waals surface area contributed by atoms with E-state index in [1.54, 1.807) is 19.5 Å². The Balaban J connectivity index is 1.62. The lowest BCUT2D eigenvalue weighted by Gasteiger charge is -2.29. The molecule has 0 saturated carbocycles. The molecule has 3 rings (SSSR count). The van der Waals surface area contributed by atoms with Gasteiger partial charge in [-0.05, 0) is 19.1 Å². The van der Waals surface area contributed by atoms with Crippen LogP contribution in [0.5, 0.6) is 17.4 Å². The Labute approximate surface area is 147 Å². The van der Waals surface area contributed by atoms with Crippen molar-refractivity contribution in [3.8, 4) is 17.4 Å². The summed E-state index contributed by atoms with van der Waals surface area (Å²) in [4.78, 5) is 11.0. The van der Waals surface area contributed by atoms with Gasteiger partial charge in [-0.2, -0.15) is 0 Å². The van der Waals surface area contributed by atoms with E-state index >= 15 is 0 Å². The second-order valence-corrected chi connectivity index (χ2v) is 5.81. The number of aromatic nitrogens is 2. The van der Waals surface area contributed by atoms with Crippen LogP contribution in [-0.2, 0) is 0 Å². The molecular weight excluding hydrogens is 320 g/mol. The average molecular weight is 344 g/mol. The molecule has 2 aromatic rings. The molecule has 7 nitrogen and oxygen atoms in total. The molecule has 25 heavy (non-hydrogen) atoms. The van der Waals surface area contributed by atoms with E-state index in [2.05, 4.69) is 20.2 Å². The van der Waals surface area contributed by atoms with Gasteiger partial charge in [-0.1, -0.05) is 12.1 Å². The van der Waals surface area contributed by atoms with Crippen molar-refractivity contribution in [1.29, 1.82) is 0 Å². The van der Waals surface area contributed by atoms with Crippen LogP contribution < -0.4 is 24.4 Å². The minimum absolute atomic E-state index is 0.178. The van der Waals surface area contributed by atoms with Gasteiger partial charge in [0, 0.05) is 38.6 Å². The highest BCUT2D eigenvalue weighted by Gasteiger charge is 2.19. The third kappa shape index (κ3) is 4.51. The molecule has 134 valence electrons. The molecule has 7 heteroatoms. The Hall–Kier alpha value is -2.54. The Morgan fingerprint density at radius 3 is 2.60 bits per heavy atom. The molecule has 1 aliphatic rings.